The summed E-state index contributed by atoms with van der Waals surface area (Å²) in [6.45, 7) is 3.76. The van der Waals surface area contributed by atoms with Gasteiger partial charge in [0.25, 0.3) is 0 Å². The summed E-state index contributed by atoms with van der Waals surface area (Å²) in [4.78, 5) is 11.9. The Morgan fingerprint density at radius 1 is 1.50 bits per heavy atom. The van der Waals surface area contributed by atoms with Crippen molar-refractivity contribution >= 4 is 5.91 Å². The van der Waals surface area contributed by atoms with Crippen LogP contribution in [0.2, 0.25) is 0 Å². The maximum atomic E-state index is 11.9. The smallest absolute Gasteiger partial charge is 0.240 e. The quantitative estimate of drug-likeness (QED) is 0.670. The van der Waals surface area contributed by atoms with E-state index in [1.165, 1.54) is 0 Å². The van der Waals surface area contributed by atoms with Gasteiger partial charge in [0.15, 0.2) is 0 Å². The minimum atomic E-state index is -0.814. The van der Waals surface area contributed by atoms with E-state index >= 15 is 0 Å². The SMILES string of the molecule is CCCC(C)(N)C(=O)NC1CCCCC1O. The van der Waals surface area contributed by atoms with Gasteiger partial charge >= 0.3 is 0 Å². The molecule has 1 aliphatic rings. The summed E-state index contributed by atoms with van der Waals surface area (Å²) >= 11 is 0. The summed E-state index contributed by atoms with van der Waals surface area (Å²) in [5.41, 5.74) is 5.13. The Hall–Kier alpha value is -0.610. The van der Waals surface area contributed by atoms with Gasteiger partial charge in [-0.1, -0.05) is 26.2 Å². The Labute approximate surface area is 97.6 Å². The van der Waals surface area contributed by atoms with Gasteiger partial charge in [0.05, 0.1) is 17.7 Å². The average Bonchev–Trinajstić information content (AvgIpc) is 2.21. The lowest BCUT2D eigenvalue weighted by Crippen LogP contribution is -2.56. The van der Waals surface area contributed by atoms with E-state index in [0.717, 1.165) is 32.1 Å². The summed E-state index contributed by atoms with van der Waals surface area (Å²) < 4.78 is 0. The van der Waals surface area contributed by atoms with E-state index in [1.807, 2.05) is 6.92 Å². The monoisotopic (exact) mass is 228 g/mol. The van der Waals surface area contributed by atoms with Gasteiger partial charge in [-0.2, -0.15) is 0 Å². The van der Waals surface area contributed by atoms with Crippen LogP contribution in [0.15, 0.2) is 0 Å². The van der Waals surface area contributed by atoms with Crippen LogP contribution < -0.4 is 11.1 Å². The molecule has 0 aromatic heterocycles. The lowest BCUT2D eigenvalue weighted by molar-refractivity contribution is -0.128. The van der Waals surface area contributed by atoms with Crippen molar-refractivity contribution < 1.29 is 9.90 Å². The number of hydrogen-bond acceptors (Lipinski definition) is 3. The maximum absolute atomic E-state index is 11.9. The second-order valence-electron chi connectivity index (χ2n) is 5.10. The molecule has 0 bridgehead atoms. The van der Waals surface area contributed by atoms with Crippen molar-refractivity contribution in [1.82, 2.24) is 5.32 Å². The van der Waals surface area contributed by atoms with Crippen molar-refractivity contribution in [2.24, 2.45) is 5.73 Å². The molecule has 1 amide bonds. The van der Waals surface area contributed by atoms with Crippen LogP contribution in [0.3, 0.4) is 0 Å². The summed E-state index contributed by atoms with van der Waals surface area (Å²) in [5, 5.41) is 12.6. The predicted octanol–water partition coefficient (Wildman–Crippen LogP) is 0.924. The highest BCUT2D eigenvalue weighted by atomic mass is 16.3. The molecule has 3 atom stereocenters. The average molecular weight is 228 g/mol. The molecule has 1 fully saturated rings. The Kier molecular flexibility index (Phi) is 4.74. The summed E-state index contributed by atoms with van der Waals surface area (Å²) in [6.07, 6.45) is 4.89. The predicted molar refractivity (Wildman–Crippen MR) is 63.9 cm³/mol. The zero-order valence-corrected chi connectivity index (χ0v) is 10.3. The first-order valence-electron chi connectivity index (χ1n) is 6.25. The second-order valence-corrected chi connectivity index (χ2v) is 5.10. The molecule has 0 aromatic carbocycles. The molecule has 4 nitrogen and oxygen atoms in total. The molecule has 4 N–H and O–H groups in total. The third-order valence-corrected chi connectivity index (χ3v) is 3.33. The van der Waals surface area contributed by atoms with Gasteiger partial charge in [-0.05, 0) is 26.2 Å². The molecule has 0 heterocycles. The van der Waals surface area contributed by atoms with E-state index in [9.17, 15) is 9.90 Å². The van der Waals surface area contributed by atoms with Gasteiger partial charge in [-0.25, -0.2) is 0 Å². The second kappa shape index (κ2) is 5.64. The molecule has 0 saturated heterocycles. The zero-order chi connectivity index (χ0) is 12.2. The van der Waals surface area contributed by atoms with Crippen molar-refractivity contribution in [2.45, 2.75) is 70.1 Å². The molecule has 1 rings (SSSR count). The van der Waals surface area contributed by atoms with Gasteiger partial charge in [0.2, 0.25) is 5.91 Å². The fourth-order valence-electron chi connectivity index (χ4n) is 2.25. The highest BCUT2D eigenvalue weighted by molar-refractivity contribution is 5.85. The van der Waals surface area contributed by atoms with E-state index in [4.69, 9.17) is 5.73 Å². The van der Waals surface area contributed by atoms with Crippen molar-refractivity contribution in [1.29, 1.82) is 0 Å². The van der Waals surface area contributed by atoms with Crippen LogP contribution in [0, 0.1) is 0 Å². The number of amides is 1. The molecule has 0 spiro atoms. The largest absolute Gasteiger partial charge is 0.391 e. The molecule has 0 aliphatic heterocycles. The number of carbonyl (C=O) groups is 1. The zero-order valence-electron chi connectivity index (χ0n) is 10.3. The van der Waals surface area contributed by atoms with Crippen LogP contribution in [0.25, 0.3) is 0 Å². The van der Waals surface area contributed by atoms with E-state index < -0.39 is 11.6 Å². The highest BCUT2D eigenvalue weighted by Gasteiger charge is 2.31. The molecular formula is C12H24N2O2. The van der Waals surface area contributed by atoms with E-state index in [1.54, 1.807) is 6.92 Å². The van der Waals surface area contributed by atoms with Gasteiger partial charge in [0.1, 0.15) is 0 Å². The van der Waals surface area contributed by atoms with Crippen LogP contribution in [0.4, 0.5) is 0 Å². The van der Waals surface area contributed by atoms with Crippen molar-refractivity contribution in [3.63, 3.8) is 0 Å². The molecule has 94 valence electrons. The first-order chi connectivity index (χ1) is 7.47. The van der Waals surface area contributed by atoms with Gasteiger partial charge in [0, 0.05) is 0 Å². The maximum Gasteiger partial charge on any atom is 0.240 e. The summed E-state index contributed by atoms with van der Waals surface area (Å²) in [5.74, 6) is -0.139. The highest BCUT2D eigenvalue weighted by Crippen LogP contribution is 2.19. The Balaban J connectivity index is 2.49. The van der Waals surface area contributed by atoms with Crippen molar-refractivity contribution in [2.75, 3.05) is 0 Å². The standard InChI is InChI=1S/C12H24N2O2/c1-3-8-12(2,13)11(16)14-9-6-4-5-7-10(9)15/h9-10,15H,3-8,13H2,1-2H3,(H,14,16). The molecule has 3 unspecified atom stereocenters. The van der Waals surface area contributed by atoms with Crippen molar-refractivity contribution in [3.05, 3.63) is 0 Å². The molecule has 1 saturated carbocycles. The molecular weight excluding hydrogens is 204 g/mol. The lowest BCUT2D eigenvalue weighted by atomic mass is 9.90. The van der Waals surface area contributed by atoms with Crippen LogP contribution in [0.5, 0.6) is 0 Å². The third kappa shape index (κ3) is 3.46. The van der Waals surface area contributed by atoms with Gasteiger partial charge in [-0.15, -0.1) is 0 Å². The third-order valence-electron chi connectivity index (χ3n) is 3.33. The van der Waals surface area contributed by atoms with Crippen molar-refractivity contribution in [3.8, 4) is 0 Å². The van der Waals surface area contributed by atoms with Crippen LogP contribution in [-0.2, 0) is 4.79 Å². The van der Waals surface area contributed by atoms with Gasteiger partial charge < -0.3 is 16.2 Å². The number of aliphatic hydroxyl groups excluding tert-OH is 1. The summed E-state index contributed by atoms with van der Waals surface area (Å²) in [7, 11) is 0. The number of hydrogen-bond donors (Lipinski definition) is 3. The fourth-order valence-corrected chi connectivity index (χ4v) is 2.25. The molecule has 0 radical (unpaired) electrons. The Morgan fingerprint density at radius 2 is 2.12 bits per heavy atom. The first-order valence-corrected chi connectivity index (χ1v) is 6.25. The molecule has 16 heavy (non-hydrogen) atoms. The van der Waals surface area contributed by atoms with E-state index in [-0.39, 0.29) is 11.9 Å². The Bertz CT molecular complexity index is 241. The normalized spacial score (nSPS) is 29.5. The van der Waals surface area contributed by atoms with Crippen LogP contribution >= 0.6 is 0 Å². The minimum Gasteiger partial charge on any atom is -0.391 e. The number of aliphatic hydroxyl groups is 1. The number of nitrogens with one attached hydrogen (secondary N) is 1. The van der Waals surface area contributed by atoms with Crippen LogP contribution in [-0.4, -0.2) is 28.7 Å². The van der Waals surface area contributed by atoms with E-state index in [0.29, 0.717) is 6.42 Å². The van der Waals surface area contributed by atoms with E-state index in [2.05, 4.69) is 5.32 Å². The molecule has 4 heteroatoms. The first kappa shape index (κ1) is 13.5. The number of carbonyl (C=O) groups excluding carboxylic acids is 1. The fraction of sp³-hybridized carbons (Fsp3) is 0.917. The Morgan fingerprint density at radius 3 is 2.69 bits per heavy atom. The van der Waals surface area contributed by atoms with Crippen LogP contribution in [0.1, 0.15) is 52.4 Å². The topological polar surface area (TPSA) is 75.4 Å². The summed E-state index contributed by atoms with van der Waals surface area (Å²) in [6, 6.07) is -0.110. The number of rotatable bonds is 4. The minimum absolute atomic E-state index is 0.110. The molecule has 1 aliphatic carbocycles. The van der Waals surface area contributed by atoms with Gasteiger partial charge in [-0.3, -0.25) is 4.79 Å². The molecule has 0 aromatic rings. The number of nitrogens with two attached hydrogens (primary N) is 1. The lowest BCUT2D eigenvalue weighted by Gasteiger charge is -2.32.